The first-order chi connectivity index (χ1) is 9.72. The maximum Gasteiger partial charge on any atom is 0.240 e. The Labute approximate surface area is 122 Å². The van der Waals surface area contributed by atoms with Crippen molar-refractivity contribution in [2.24, 2.45) is 5.73 Å². The zero-order valence-corrected chi connectivity index (χ0v) is 12.4. The van der Waals surface area contributed by atoms with Crippen LogP contribution in [0.1, 0.15) is 44.6 Å². The Morgan fingerprint density at radius 2 is 1.90 bits per heavy atom. The summed E-state index contributed by atoms with van der Waals surface area (Å²) in [5, 5.41) is 0. The van der Waals surface area contributed by atoms with Gasteiger partial charge in [-0.05, 0) is 31.7 Å². The molecular formula is C17H26N2O. The number of benzene rings is 1. The van der Waals surface area contributed by atoms with Gasteiger partial charge in [-0.1, -0.05) is 49.6 Å². The Balaban J connectivity index is 1.96. The van der Waals surface area contributed by atoms with Crippen LogP contribution in [0.3, 0.4) is 0 Å². The van der Waals surface area contributed by atoms with E-state index in [-0.39, 0.29) is 5.91 Å². The van der Waals surface area contributed by atoms with Gasteiger partial charge in [0.1, 0.15) is 0 Å². The topological polar surface area (TPSA) is 46.3 Å². The molecule has 0 spiro atoms. The number of hydrogen-bond acceptors (Lipinski definition) is 2. The Morgan fingerprint density at radius 3 is 2.50 bits per heavy atom. The summed E-state index contributed by atoms with van der Waals surface area (Å²) in [5.74, 6) is 0.114. The number of nitrogens with zero attached hydrogens (tertiary/aromatic N) is 1. The minimum atomic E-state index is -0.417. The standard InChI is InChI=1S/C17H26N2O/c1-2-19(15-11-7-4-8-12-15)17(20)16(18)13-14-9-5-3-6-10-14/h3,5-6,9-10,15-16H,2,4,7-8,11-13,18H2,1H3/t16-/m0/s1. The van der Waals surface area contributed by atoms with Crippen molar-refractivity contribution in [2.45, 2.75) is 57.5 Å². The number of rotatable bonds is 5. The lowest BCUT2D eigenvalue weighted by Gasteiger charge is -2.35. The van der Waals surface area contributed by atoms with Crippen LogP contribution in [0.15, 0.2) is 30.3 Å². The van der Waals surface area contributed by atoms with Crippen LogP contribution in [0.4, 0.5) is 0 Å². The lowest BCUT2D eigenvalue weighted by atomic mass is 9.93. The molecular weight excluding hydrogens is 248 g/mol. The Hall–Kier alpha value is -1.35. The molecule has 1 aromatic carbocycles. The van der Waals surface area contributed by atoms with E-state index in [1.807, 2.05) is 35.2 Å². The first-order valence-electron chi connectivity index (χ1n) is 7.82. The third kappa shape index (κ3) is 3.83. The van der Waals surface area contributed by atoms with Crippen LogP contribution in [-0.2, 0) is 11.2 Å². The van der Waals surface area contributed by atoms with Gasteiger partial charge in [0.25, 0.3) is 0 Å². The summed E-state index contributed by atoms with van der Waals surface area (Å²) in [4.78, 5) is 14.6. The molecule has 1 aliphatic rings. The van der Waals surface area contributed by atoms with Crippen molar-refractivity contribution < 1.29 is 4.79 Å². The van der Waals surface area contributed by atoms with Gasteiger partial charge in [-0.3, -0.25) is 4.79 Å². The SMILES string of the molecule is CCN(C(=O)[C@@H](N)Cc1ccccc1)C1CCCCC1. The normalized spacial score (nSPS) is 17.7. The van der Waals surface area contributed by atoms with E-state index in [1.165, 1.54) is 19.3 Å². The average Bonchev–Trinajstić information content (AvgIpc) is 2.50. The molecule has 1 saturated carbocycles. The summed E-state index contributed by atoms with van der Waals surface area (Å²) in [5.41, 5.74) is 7.27. The summed E-state index contributed by atoms with van der Waals surface area (Å²) in [6.45, 7) is 2.83. The molecule has 1 aromatic rings. The van der Waals surface area contributed by atoms with E-state index in [2.05, 4.69) is 6.92 Å². The van der Waals surface area contributed by atoms with Crippen molar-refractivity contribution in [2.75, 3.05) is 6.54 Å². The molecule has 110 valence electrons. The third-order valence-corrected chi connectivity index (χ3v) is 4.25. The molecule has 0 radical (unpaired) electrons. The van der Waals surface area contributed by atoms with Crippen LogP contribution in [0.25, 0.3) is 0 Å². The number of amides is 1. The molecule has 0 heterocycles. The van der Waals surface area contributed by atoms with Gasteiger partial charge < -0.3 is 10.6 Å². The first kappa shape index (κ1) is 15.0. The highest BCUT2D eigenvalue weighted by atomic mass is 16.2. The quantitative estimate of drug-likeness (QED) is 0.897. The van der Waals surface area contributed by atoms with E-state index in [1.54, 1.807) is 0 Å². The molecule has 0 aromatic heterocycles. The fourth-order valence-corrected chi connectivity index (χ4v) is 3.16. The van der Waals surface area contributed by atoms with Gasteiger partial charge in [-0.2, -0.15) is 0 Å². The molecule has 1 atom stereocenters. The minimum absolute atomic E-state index is 0.114. The Kier molecular flexibility index (Phi) is 5.60. The lowest BCUT2D eigenvalue weighted by molar-refractivity contribution is -0.135. The molecule has 0 saturated heterocycles. The summed E-state index contributed by atoms with van der Waals surface area (Å²) in [6.07, 6.45) is 6.68. The molecule has 0 aliphatic heterocycles. The first-order valence-corrected chi connectivity index (χ1v) is 7.82. The van der Waals surface area contributed by atoms with Crippen LogP contribution in [0, 0.1) is 0 Å². The van der Waals surface area contributed by atoms with Gasteiger partial charge in [-0.25, -0.2) is 0 Å². The molecule has 2 N–H and O–H groups in total. The maximum atomic E-state index is 12.6. The number of nitrogens with two attached hydrogens (primary N) is 1. The van der Waals surface area contributed by atoms with E-state index < -0.39 is 6.04 Å². The van der Waals surface area contributed by atoms with Crippen molar-refractivity contribution >= 4 is 5.91 Å². The van der Waals surface area contributed by atoms with Gasteiger partial charge in [0.05, 0.1) is 6.04 Å². The van der Waals surface area contributed by atoms with Crippen molar-refractivity contribution in [3.05, 3.63) is 35.9 Å². The summed E-state index contributed by atoms with van der Waals surface area (Å²) in [7, 11) is 0. The van der Waals surface area contributed by atoms with Gasteiger partial charge >= 0.3 is 0 Å². The van der Waals surface area contributed by atoms with Crippen molar-refractivity contribution in [3.63, 3.8) is 0 Å². The predicted molar refractivity (Wildman–Crippen MR) is 82.4 cm³/mol. The highest BCUT2D eigenvalue weighted by molar-refractivity contribution is 5.82. The Bertz CT molecular complexity index is 412. The van der Waals surface area contributed by atoms with Gasteiger partial charge in [0.15, 0.2) is 0 Å². The second kappa shape index (κ2) is 7.44. The molecule has 0 unspecified atom stereocenters. The fourth-order valence-electron chi connectivity index (χ4n) is 3.16. The van der Waals surface area contributed by atoms with E-state index in [4.69, 9.17) is 5.73 Å². The highest BCUT2D eigenvalue weighted by Crippen LogP contribution is 2.23. The molecule has 1 aliphatic carbocycles. The number of carbonyl (C=O) groups excluding carboxylic acids is 1. The van der Waals surface area contributed by atoms with Crippen LogP contribution < -0.4 is 5.73 Å². The smallest absolute Gasteiger partial charge is 0.240 e. The summed E-state index contributed by atoms with van der Waals surface area (Å²) < 4.78 is 0. The van der Waals surface area contributed by atoms with Crippen molar-refractivity contribution in [3.8, 4) is 0 Å². The van der Waals surface area contributed by atoms with Crippen molar-refractivity contribution in [1.29, 1.82) is 0 Å². The Morgan fingerprint density at radius 1 is 1.25 bits per heavy atom. The summed E-state index contributed by atoms with van der Waals surface area (Å²) >= 11 is 0. The van der Waals surface area contributed by atoms with Crippen LogP contribution in [0.2, 0.25) is 0 Å². The minimum Gasteiger partial charge on any atom is -0.339 e. The summed E-state index contributed by atoms with van der Waals surface area (Å²) in [6, 6.07) is 10.0. The average molecular weight is 274 g/mol. The largest absolute Gasteiger partial charge is 0.339 e. The number of likely N-dealkylation sites (N-methyl/N-ethyl adjacent to an activating group) is 1. The molecule has 1 fully saturated rings. The van der Waals surface area contributed by atoms with Crippen LogP contribution in [0.5, 0.6) is 0 Å². The zero-order valence-electron chi connectivity index (χ0n) is 12.4. The van der Waals surface area contributed by atoms with E-state index in [9.17, 15) is 4.79 Å². The van der Waals surface area contributed by atoms with Crippen LogP contribution >= 0.6 is 0 Å². The molecule has 20 heavy (non-hydrogen) atoms. The second-order valence-corrected chi connectivity index (χ2v) is 5.71. The van der Waals surface area contributed by atoms with Gasteiger partial charge in [0, 0.05) is 12.6 Å². The van der Waals surface area contributed by atoms with E-state index >= 15 is 0 Å². The highest BCUT2D eigenvalue weighted by Gasteiger charge is 2.27. The molecule has 3 heteroatoms. The fraction of sp³-hybridized carbons (Fsp3) is 0.588. The number of hydrogen-bond donors (Lipinski definition) is 1. The predicted octanol–water partition coefficient (Wildman–Crippen LogP) is 2.74. The van der Waals surface area contributed by atoms with E-state index in [0.29, 0.717) is 12.5 Å². The van der Waals surface area contributed by atoms with Crippen LogP contribution in [-0.4, -0.2) is 29.4 Å². The van der Waals surface area contributed by atoms with Gasteiger partial charge in [-0.15, -0.1) is 0 Å². The second-order valence-electron chi connectivity index (χ2n) is 5.71. The molecule has 1 amide bonds. The zero-order chi connectivity index (χ0) is 14.4. The third-order valence-electron chi connectivity index (χ3n) is 4.25. The molecule has 2 rings (SSSR count). The molecule has 3 nitrogen and oxygen atoms in total. The van der Waals surface area contributed by atoms with E-state index in [0.717, 1.165) is 24.9 Å². The maximum absolute atomic E-state index is 12.6. The number of carbonyl (C=O) groups is 1. The van der Waals surface area contributed by atoms with Gasteiger partial charge in [0.2, 0.25) is 5.91 Å². The lowest BCUT2D eigenvalue weighted by Crippen LogP contribution is -2.49. The van der Waals surface area contributed by atoms with Crippen molar-refractivity contribution in [1.82, 2.24) is 4.90 Å². The monoisotopic (exact) mass is 274 g/mol. The molecule has 0 bridgehead atoms.